The van der Waals surface area contributed by atoms with E-state index in [1.54, 1.807) is 14.2 Å². The molecule has 0 fully saturated rings. The predicted molar refractivity (Wildman–Crippen MR) is 86.5 cm³/mol. The molecule has 0 bridgehead atoms. The maximum Gasteiger partial charge on any atom is 0.161 e. The van der Waals surface area contributed by atoms with Gasteiger partial charge in [0.15, 0.2) is 11.5 Å². The normalized spacial score (nSPS) is 12.1. The Kier molecular flexibility index (Phi) is 4.95. The molecule has 0 radical (unpaired) electrons. The van der Waals surface area contributed by atoms with Crippen LogP contribution in [0.25, 0.3) is 0 Å². The molecule has 0 aliphatic carbocycles. The van der Waals surface area contributed by atoms with Gasteiger partial charge in [-0.05, 0) is 41.8 Å². The summed E-state index contributed by atoms with van der Waals surface area (Å²) < 4.78 is 10.6. The molecule has 1 atom stereocenters. The lowest BCUT2D eigenvalue weighted by Crippen LogP contribution is -1.97. The molecule has 0 aliphatic rings. The molecular weight excluding hydrogens is 340 g/mol. The molecule has 0 heterocycles. The summed E-state index contributed by atoms with van der Waals surface area (Å²) in [4.78, 5) is 0.00964. The van der Waals surface area contributed by atoms with E-state index in [1.165, 1.54) is 0 Å². The maximum atomic E-state index is 6.32. The zero-order valence-electron chi connectivity index (χ0n) is 11.6. The number of hydrogen-bond donors (Lipinski definition) is 0. The van der Waals surface area contributed by atoms with Crippen LogP contribution in [0.15, 0.2) is 36.4 Å². The third-order valence-electron chi connectivity index (χ3n) is 3.13. The minimum Gasteiger partial charge on any atom is -0.493 e. The zero-order chi connectivity index (χ0) is 14.7. The summed E-state index contributed by atoms with van der Waals surface area (Å²) in [5, 5.41) is 0.752. The lowest BCUT2D eigenvalue weighted by Gasteiger charge is -2.15. The zero-order valence-corrected chi connectivity index (χ0v) is 14.0. The molecule has 1 unspecified atom stereocenters. The standard InChI is InChI=1S/C16H16BrClO2/c1-10-4-6-12(13(18)8-10)16(17)11-5-7-14(19-2)15(9-11)20-3/h4-9,16H,1-3H3. The Bertz CT molecular complexity index is 613. The van der Waals surface area contributed by atoms with Crippen LogP contribution < -0.4 is 9.47 Å². The van der Waals surface area contributed by atoms with Crippen LogP contribution in [-0.2, 0) is 0 Å². The van der Waals surface area contributed by atoms with E-state index in [0.29, 0.717) is 11.5 Å². The number of hydrogen-bond acceptors (Lipinski definition) is 2. The minimum atomic E-state index is 0.00964. The molecule has 0 amide bonds. The number of alkyl halides is 1. The van der Waals surface area contributed by atoms with Crippen molar-refractivity contribution in [1.82, 2.24) is 0 Å². The van der Waals surface area contributed by atoms with E-state index in [0.717, 1.165) is 21.7 Å². The van der Waals surface area contributed by atoms with Crippen molar-refractivity contribution in [2.75, 3.05) is 14.2 Å². The Morgan fingerprint density at radius 2 is 1.70 bits per heavy atom. The summed E-state index contributed by atoms with van der Waals surface area (Å²) in [6, 6.07) is 11.9. The SMILES string of the molecule is COc1ccc(C(Br)c2ccc(C)cc2Cl)cc1OC. The van der Waals surface area contributed by atoms with Crippen LogP contribution in [0.4, 0.5) is 0 Å². The number of methoxy groups -OCH3 is 2. The van der Waals surface area contributed by atoms with Crippen LogP contribution in [-0.4, -0.2) is 14.2 Å². The third kappa shape index (κ3) is 3.10. The average Bonchev–Trinajstić information content (AvgIpc) is 2.45. The lowest BCUT2D eigenvalue weighted by molar-refractivity contribution is 0.354. The topological polar surface area (TPSA) is 18.5 Å². The molecule has 0 aliphatic heterocycles. The molecule has 2 nitrogen and oxygen atoms in total. The molecule has 0 N–H and O–H groups in total. The molecule has 20 heavy (non-hydrogen) atoms. The van der Waals surface area contributed by atoms with Gasteiger partial charge in [-0.3, -0.25) is 0 Å². The van der Waals surface area contributed by atoms with Crippen molar-refractivity contribution >= 4 is 27.5 Å². The number of benzene rings is 2. The number of halogens is 2. The Morgan fingerprint density at radius 1 is 1.00 bits per heavy atom. The highest BCUT2D eigenvalue weighted by Gasteiger charge is 2.16. The van der Waals surface area contributed by atoms with Gasteiger partial charge in [0.2, 0.25) is 0 Å². The number of ether oxygens (including phenoxy) is 2. The van der Waals surface area contributed by atoms with E-state index in [4.69, 9.17) is 21.1 Å². The Hall–Kier alpha value is -1.19. The molecule has 2 rings (SSSR count). The van der Waals surface area contributed by atoms with Crippen molar-refractivity contribution in [3.63, 3.8) is 0 Å². The number of rotatable bonds is 4. The van der Waals surface area contributed by atoms with Gasteiger partial charge in [-0.15, -0.1) is 0 Å². The Balaban J connectivity index is 2.40. The predicted octanol–water partition coefficient (Wildman–Crippen LogP) is 5.15. The molecular formula is C16H16BrClO2. The molecule has 2 aromatic rings. The molecule has 0 saturated carbocycles. The summed E-state index contributed by atoms with van der Waals surface area (Å²) in [5.41, 5.74) is 3.24. The van der Waals surface area contributed by atoms with Crippen LogP contribution in [0.3, 0.4) is 0 Å². The van der Waals surface area contributed by atoms with E-state index in [-0.39, 0.29) is 4.83 Å². The van der Waals surface area contributed by atoms with Gasteiger partial charge in [-0.1, -0.05) is 45.7 Å². The minimum absolute atomic E-state index is 0.00964. The summed E-state index contributed by atoms with van der Waals surface area (Å²) in [6.45, 7) is 2.02. The van der Waals surface area contributed by atoms with E-state index >= 15 is 0 Å². The molecule has 0 saturated heterocycles. The van der Waals surface area contributed by atoms with Crippen LogP contribution in [0, 0.1) is 6.92 Å². The molecule has 106 valence electrons. The summed E-state index contributed by atoms with van der Waals surface area (Å²) >= 11 is 10.0. The van der Waals surface area contributed by atoms with Gasteiger partial charge in [0, 0.05) is 5.02 Å². The van der Waals surface area contributed by atoms with Gasteiger partial charge >= 0.3 is 0 Å². The van der Waals surface area contributed by atoms with Gasteiger partial charge in [-0.25, -0.2) is 0 Å². The van der Waals surface area contributed by atoms with Crippen molar-refractivity contribution in [1.29, 1.82) is 0 Å². The first-order valence-electron chi connectivity index (χ1n) is 6.19. The highest BCUT2D eigenvalue weighted by molar-refractivity contribution is 9.09. The molecule has 0 aromatic heterocycles. The smallest absolute Gasteiger partial charge is 0.161 e. The van der Waals surface area contributed by atoms with Gasteiger partial charge in [-0.2, -0.15) is 0 Å². The van der Waals surface area contributed by atoms with Crippen molar-refractivity contribution in [2.45, 2.75) is 11.8 Å². The largest absolute Gasteiger partial charge is 0.493 e. The maximum absolute atomic E-state index is 6.32. The Morgan fingerprint density at radius 3 is 2.30 bits per heavy atom. The first-order chi connectivity index (χ1) is 9.56. The van der Waals surface area contributed by atoms with Crippen molar-refractivity contribution in [2.24, 2.45) is 0 Å². The van der Waals surface area contributed by atoms with Crippen LogP contribution in [0.2, 0.25) is 5.02 Å². The van der Waals surface area contributed by atoms with Crippen molar-refractivity contribution < 1.29 is 9.47 Å². The first-order valence-corrected chi connectivity index (χ1v) is 7.48. The fourth-order valence-corrected chi connectivity index (χ4v) is 3.19. The van der Waals surface area contributed by atoms with E-state index in [9.17, 15) is 0 Å². The van der Waals surface area contributed by atoms with Gasteiger partial charge in [0.1, 0.15) is 0 Å². The second-order valence-corrected chi connectivity index (χ2v) is 5.82. The second-order valence-electron chi connectivity index (χ2n) is 4.50. The quantitative estimate of drug-likeness (QED) is 0.706. The number of aryl methyl sites for hydroxylation is 1. The summed E-state index contributed by atoms with van der Waals surface area (Å²) in [5.74, 6) is 1.42. The first kappa shape index (κ1) is 15.2. The fourth-order valence-electron chi connectivity index (χ4n) is 2.03. The van der Waals surface area contributed by atoms with E-state index < -0.39 is 0 Å². The Labute approximate surface area is 132 Å². The molecule has 0 spiro atoms. The molecule has 2 aromatic carbocycles. The lowest BCUT2D eigenvalue weighted by atomic mass is 10.0. The summed E-state index contributed by atoms with van der Waals surface area (Å²) in [6.07, 6.45) is 0. The monoisotopic (exact) mass is 354 g/mol. The van der Waals surface area contributed by atoms with Crippen LogP contribution in [0.1, 0.15) is 21.5 Å². The molecule has 4 heteroatoms. The van der Waals surface area contributed by atoms with E-state index in [1.807, 2.05) is 37.3 Å². The van der Waals surface area contributed by atoms with Gasteiger partial charge < -0.3 is 9.47 Å². The highest BCUT2D eigenvalue weighted by Crippen LogP contribution is 2.39. The van der Waals surface area contributed by atoms with Crippen LogP contribution in [0.5, 0.6) is 11.5 Å². The highest BCUT2D eigenvalue weighted by atomic mass is 79.9. The van der Waals surface area contributed by atoms with Crippen molar-refractivity contribution in [3.8, 4) is 11.5 Å². The van der Waals surface area contributed by atoms with E-state index in [2.05, 4.69) is 22.0 Å². The summed E-state index contributed by atoms with van der Waals surface area (Å²) in [7, 11) is 3.25. The third-order valence-corrected chi connectivity index (χ3v) is 4.48. The second kappa shape index (κ2) is 6.51. The van der Waals surface area contributed by atoms with Gasteiger partial charge in [0.05, 0.1) is 19.0 Å². The van der Waals surface area contributed by atoms with Crippen molar-refractivity contribution in [3.05, 3.63) is 58.1 Å². The van der Waals surface area contributed by atoms with Gasteiger partial charge in [0.25, 0.3) is 0 Å². The average molecular weight is 356 g/mol. The van der Waals surface area contributed by atoms with Crippen LogP contribution >= 0.6 is 27.5 Å². The fraction of sp³-hybridized carbons (Fsp3) is 0.250.